The molecule has 336 valence electrons. The largest absolute Gasteiger partial charge is 0.501 e. The van der Waals surface area contributed by atoms with E-state index in [9.17, 15) is 30.0 Å². The van der Waals surface area contributed by atoms with E-state index in [2.05, 4.69) is 54.9 Å². The predicted octanol–water partition coefficient (Wildman–Crippen LogP) is 8.83. The van der Waals surface area contributed by atoms with Crippen LogP contribution in [0.3, 0.4) is 0 Å². The fourth-order valence-corrected chi connectivity index (χ4v) is 11.4. The van der Waals surface area contributed by atoms with Crippen LogP contribution in [0.15, 0.2) is 118 Å². The summed E-state index contributed by atoms with van der Waals surface area (Å²) in [4.78, 5) is 14.6. The molecule has 0 radical (unpaired) electrons. The Labute approximate surface area is 377 Å². The summed E-state index contributed by atoms with van der Waals surface area (Å²) in [7, 11) is -6.89. The number of nitrogens with one attached hydrogen (secondary N) is 2. The van der Waals surface area contributed by atoms with Crippen LogP contribution in [-0.2, 0) is 39.4 Å². The van der Waals surface area contributed by atoms with Crippen molar-refractivity contribution in [1.82, 2.24) is 24.7 Å². The number of sulfone groups is 1. The first kappa shape index (κ1) is 46.8. The Balaban J connectivity index is 1.05. The lowest BCUT2D eigenvalue weighted by molar-refractivity contribution is -0.0435. The second-order valence-corrected chi connectivity index (χ2v) is 21.4. The monoisotopic (exact) mass is 941 g/mol. The summed E-state index contributed by atoms with van der Waals surface area (Å²) in [6, 6.07) is 28.6. The van der Waals surface area contributed by atoms with Crippen LogP contribution >= 0.6 is 23.4 Å². The highest BCUT2D eigenvalue weighted by Crippen LogP contribution is 2.38. The molecule has 0 aliphatic carbocycles. The molecule has 0 saturated carbocycles. The predicted molar refractivity (Wildman–Crippen MR) is 244 cm³/mol. The van der Waals surface area contributed by atoms with Crippen molar-refractivity contribution < 1.29 is 30.0 Å². The van der Waals surface area contributed by atoms with Gasteiger partial charge in [-0.05, 0) is 112 Å². The summed E-state index contributed by atoms with van der Waals surface area (Å²) in [6.45, 7) is 5.59. The van der Waals surface area contributed by atoms with E-state index in [4.69, 9.17) is 11.6 Å². The van der Waals surface area contributed by atoms with Crippen LogP contribution in [-0.4, -0.2) is 105 Å². The maximum Gasteiger partial charge on any atom is 0.501 e. The van der Waals surface area contributed by atoms with Gasteiger partial charge in [-0.3, -0.25) is 14.5 Å². The lowest BCUT2D eigenvalue weighted by Gasteiger charge is -2.43. The number of rotatable bonds is 16. The van der Waals surface area contributed by atoms with Crippen molar-refractivity contribution in [2.45, 2.75) is 84.0 Å². The highest BCUT2D eigenvalue weighted by Gasteiger charge is 2.48. The second-order valence-electron chi connectivity index (χ2n) is 16.3. The summed E-state index contributed by atoms with van der Waals surface area (Å²) in [5.41, 5.74) is -1.25. The fraction of sp³-hybridized carbons (Fsp3) is 0.378. The van der Waals surface area contributed by atoms with Gasteiger partial charge in [-0.1, -0.05) is 66.2 Å². The highest BCUT2D eigenvalue weighted by atomic mass is 35.5. The highest BCUT2D eigenvalue weighted by molar-refractivity contribution is 7.99. The number of piperidine rings is 1. The molecule has 63 heavy (non-hydrogen) atoms. The van der Waals surface area contributed by atoms with Crippen LogP contribution in [0, 0.1) is 0 Å². The van der Waals surface area contributed by atoms with Crippen LogP contribution in [0.4, 0.5) is 24.7 Å². The molecule has 0 unspecified atom stereocenters. The average molecular weight is 943 g/mol. The maximum atomic E-state index is 14.2. The van der Waals surface area contributed by atoms with E-state index in [1.165, 1.54) is 29.2 Å². The molecule has 1 fully saturated rings. The molecule has 11 nitrogen and oxygen atoms in total. The van der Waals surface area contributed by atoms with Gasteiger partial charge < -0.3 is 10.2 Å². The van der Waals surface area contributed by atoms with Crippen molar-refractivity contribution in [3.63, 3.8) is 0 Å². The van der Waals surface area contributed by atoms with Gasteiger partial charge in [0.25, 0.3) is 19.9 Å². The summed E-state index contributed by atoms with van der Waals surface area (Å²) in [5.74, 6) is 0.409. The van der Waals surface area contributed by atoms with E-state index in [1.807, 2.05) is 79.7 Å². The van der Waals surface area contributed by atoms with Gasteiger partial charge in [0.05, 0.1) is 16.3 Å². The number of sulfonamides is 1. The van der Waals surface area contributed by atoms with E-state index in [0.29, 0.717) is 66.6 Å². The molecule has 4 aromatic carbocycles. The SMILES string of the molecule is C[C@H]1C[C@@H](N2CCc3c(ncnc3NS(=O)(=O)c3ccc(N[C@H](CCN(C)C)CSc4ccccc4)c(S(=O)(=O)C(F)(F)F)c3)C2)CCN1Cc1ccccc1-c1ccc(Cl)cc1. The molecular weight excluding hydrogens is 891 g/mol. The van der Waals surface area contributed by atoms with Crippen molar-refractivity contribution in [2.75, 3.05) is 49.5 Å². The fourth-order valence-electron chi connectivity index (χ4n) is 8.19. The van der Waals surface area contributed by atoms with Crippen molar-refractivity contribution in [1.29, 1.82) is 0 Å². The van der Waals surface area contributed by atoms with Crippen LogP contribution in [0.1, 0.15) is 43.0 Å². The molecule has 3 heterocycles. The number of nitrogens with zero attached hydrogens (tertiary/aromatic N) is 5. The van der Waals surface area contributed by atoms with Gasteiger partial charge >= 0.3 is 5.51 Å². The molecule has 0 bridgehead atoms. The Morgan fingerprint density at radius 2 is 1.67 bits per heavy atom. The Bertz CT molecular complexity index is 2590. The number of anilines is 2. The van der Waals surface area contributed by atoms with Crippen LogP contribution in [0.25, 0.3) is 11.1 Å². The zero-order valence-electron chi connectivity index (χ0n) is 35.2. The van der Waals surface area contributed by atoms with Gasteiger partial charge in [-0.2, -0.15) is 13.2 Å². The molecule has 7 rings (SSSR count). The topological polar surface area (TPSA) is 128 Å². The number of aromatic nitrogens is 2. The van der Waals surface area contributed by atoms with Gasteiger partial charge in [0.2, 0.25) is 0 Å². The van der Waals surface area contributed by atoms with Crippen molar-refractivity contribution >= 4 is 54.7 Å². The van der Waals surface area contributed by atoms with E-state index in [-0.39, 0.29) is 17.5 Å². The van der Waals surface area contributed by atoms with Crippen LogP contribution in [0.2, 0.25) is 5.02 Å². The molecule has 5 aromatic rings. The van der Waals surface area contributed by atoms with Gasteiger partial charge in [-0.15, -0.1) is 11.8 Å². The third-order valence-corrected chi connectivity index (χ3v) is 15.9. The molecule has 0 spiro atoms. The number of likely N-dealkylation sites (tertiary alicyclic amines) is 1. The summed E-state index contributed by atoms with van der Waals surface area (Å²) in [5, 5.41) is 3.70. The van der Waals surface area contributed by atoms with Crippen LogP contribution < -0.4 is 10.0 Å². The van der Waals surface area contributed by atoms with Crippen molar-refractivity contribution in [2.24, 2.45) is 0 Å². The molecular formula is C45H51ClF3N7O4S3. The van der Waals surface area contributed by atoms with Gasteiger partial charge in [0.15, 0.2) is 0 Å². The van der Waals surface area contributed by atoms with Gasteiger partial charge in [-0.25, -0.2) is 26.8 Å². The number of thioether (sulfide) groups is 1. The minimum Gasteiger partial charge on any atom is -0.380 e. The van der Waals surface area contributed by atoms with E-state index < -0.39 is 41.2 Å². The van der Waals surface area contributed by atoms with E-state index in [1.54, 1.807) is 0 Å². The van der Waals surface area contributed by atoms with E-state index >= 15 is 0 Å². The number of benzene rings is 4. The Morgan fingerprint density at radius 3 is 2.38 bits per heavy atom. The molecule has 3 atom stereocenters. The minimum absolute atomic E-state index is 0.00584. The molecule has 0 amide bonds. The Hall–Kier alpha value is -4.23. The molecule has 1 aromatic heterocycles. The molecule has 18 heteroatoms. The van der Waals surface area contributed by atoms with Crippen LogP contribution in [0.5, 0.6) is 0 Å². The first-order chi connectivity index (χ1) is 30.0. The van der Waals surface area contributed by atoms with E-state index in [0.717, 1.165) is 48.5 Å². The smallest absolute Gasteiger partial charge is 0.380 e. The lowest BCUT2D eigenvalue weighted by atomic mass is 9.93. The van der Waals surface area contributed by atoms with Crippen molar-refractivity contribution in [3.05, 3.63) is 125 Å². The van der Waals surface area contributed by atoms with Gasteiger partial charge in [0, 0.05) is 65.5 Å². The zero-order chi connectivity index (χ0) is 44.9. The molecule has 2 aliphatic rings. The molecule has 1 saturated heterocycles. The summed E-state index contributed by atoms with van der Waals surface area (Å²) in [6.07, 6.45) is 4.03. The zero-order valence-corrected chi connectivity index (χ0v) is 38.4. The lowest BCUT2D eigenvalue weighted by Crippen LogP contribution is -2.50. The number of alkyl halides is 3. The minimum atomic E-state index is -5.99. The molecule has 2 aliphatic heterocycles. The Morgan fingerprint density at radius 1 is 0.937 bits per heavy atom. The maximum absolute atomic E-state index is 14.2. The number of halogens is 4. The van der Waals surface area contributed by atoms with Gasteiger partial charge in [0.1, 0.15) is 17.0 Å². The first-order valence-corrected chi connectivity index (χ1v) is 25.0. The quantitative estimate of drug-likeness (QED) is 0.0922. The third kappa shape index (κ3) is 11.4. The first-order valence-electron chi connectivity index (χ1n) is 20.7. The van der Waals surface area contributed by atoms with Crippen molar-refractivity contribution in [3.8, 4) is 11.1 Å². The standard InChI is InChI=1S/C45H51ClF3N7O4S3/c1-31-25-36(20-23-55(31)27-33-9-7-8-12-39(33)32-13-15-34(46)16-14-32)56-24-21-40-42(28-56)50-30-51-44(40)53-63(59,60)38-17-18-41(43(26-38)62(57,58)45(47,48)49)52-35(19-22-54(2)3)29-61-37-10-5-4-6-11-37/h4-18,26,30-31,35-36,52H,19-25,27-29H2,1-3H3,(H,50,51,53)/t31-,35+,36-/m0/s1. The average Bonchev–Trinajstić information content (AvgIpc) is 3.25. The number of hydrogen-bond donors (Lipinski definition) is 2. The third-order valence-electron chi connectivity index (χ3n) is 11.7. The number of fused-ring (bicyclic) bond motifs is 1. The summed E-state index contributed by atoms with van der Waals surface area (Å²) < 4.78 is 99.0. The molecule has 2 N–H and O–H groups in total. The number of hydrogen-bond acceptors (Lipinski definition) is 11. The Kier molecular flexibility index (Phi) is 14.8. The second kappa shape index (κ2) is 19.9. The summed E-state index contributed by atoms with van der Waals surface area (Å²) >= 11 is 7.62. The normalized spacial score (nSPS) is 18.2.